The van der Waals surface area contributed by atoms with E-state index in [1.807, 2.05) is 32.9 Å². The van der Waals surface area contributed by atoms with Crippen molar-refractivity contribution in [2.24, 2.45) is 23.5 Å². The lowest BCUT2D eigenvalue weighted by molar-refractivity contribution is -0.151. The lowest BCUT2D eigenvalue weighted by atomic mass is 9.85. The van der Waals surface area contributed by atoms with E-state index in [4.69, 9.17) is 24.7 Å². The summed E-state index contributed by atoms with van der Waals surface area (Å²) < 4.78 is 23.5. The molecule has 2 aliphatic heterocycles. The van der Waals surface area contributed by atoms with Gasteiger partial charge in [0.05, 0.1) is 42.5 Å². The van der Waals surface area contributed by atoms with Gasteiger partial charge in [0.15, 0.2) is 0 Å². The van der Waals surface area contributed by atoms with E-state index >= 15 is 0 Å². The van der Waals surface area contributed by atoms with Crippen molar-refractivity contribution in [3.05, 3.63) is 23.8 Å². The molecule has 0 aromatic carbocycles. The number of aliphatic hydroxyl groups is 1. The van der Waals surface area contributed by atoms with Crippen LogP contribution in [0.15, 0.2) is 23.8 Å². The molecule has 0 bridgehead atoms. The number of carboxylic acids is 1. The van der Waals surface area contributed by atoms with Crippen molar-refractivity contribution in [3.63, 3.8) is 0 Å². The number of amides is 1. The second-order valence-electron chi connectivity index (χ2n) is 11.6. The molecule has 0 aromatic heterocycles. The van der Waals surface area contributed by atoms with E-state index in [0.29, 0.717) is 19.5 Å². The first kappa shape index (κ1) is 33.2. The molecule has 39 heavy (non-hydrogen) atoms. The summed E-state index contributed by atoms with van der Waals surface area (Å²) >= 11 is 0. The monoisotopic (exact) mass is 554 g/mol. The number of rotatable bonds is 14. The smallest absolute Gasteiger partial charge is 0.409 e. The summed E-state index contributed by atoms with van der Waals surface area (Å²) in [6.07, 6.45) is 4.35. The molecule has 2 aliphatic rings. The van der Waals surface area contributed by atoms with Gasteiger partial charge in [-0.25, -0.2) is 4.79 Å². The van der Waals surface area contributed by atoms with Crippen molar-refractivity contribution < 1.29 is 38.7 Å². The van der Waals surface area contributed by atoms with Crippen LogP contribution in [0, 0.1) is 17.8 Å². The highest BCUT2D eigenvalue weighted by molar-refractivity contribution is 5.68. The number of ether oxygens (including phenoxy) is 4. The van der Waals surface area contributed by atoms with Gasteiger partial charge >= 0.3 is 12.1 Å². The highest BCUT2D eigenvalue weighted by Crippen LogP contribution is 2.47. The molecule has 2 rings (SSSR count). The number of epoxide rings is 1. The Kier molecular flexibility index (Phi) is 12.4. The number of allylic oxidation sites excluding steroid dienone is 3. The van der Waals surface area contributed by atoms with Gasteiger partial charge in [-0.2, -0.15) is 0 Å². The van der Waals surface area contributed by atoms with Crippen LogP contribution < -0.4 is 5.73 Å². The molecule has 10 atom stereocenters. The number of carbonyl (C=O) groups is 2. The molecule has 0 saturated carbocycles. The second-order valence-corrected chi connectivity index (χ2v) is 11.6. The number of hydrogen-bond acceptors (Lipinski definition) is 8. The van der Waals surface area contributed by atoms with E-state index in [-0.39, 0.29) is 48.1 Å². The minimum absolute atomic E-state index is 0.0244. The molecule has 0 unspecified atom stereocenters. The van der Waals surface area contributed by atoms with Crippen LogP contribution in [-0.2, 0) is 23.7 Å². The van der Waals surface area contributed by atoms with E-state index in [1.165, 1.54) is 4.90 Å². The average Bonchev–Trinajstić information content (AvgIpc) is 3.50. The maximum absolute atomic E-state index is 12.5. The van der Waals surface area contributed by atoms with Gasteiger partial charge in [0, 0.05) is 45.5 Å². The summed E-state index contributed by atoms with van der Waals surface area (Å²) in [4.78, 5) is 25.3. The van der Waals surface area contributed by atoms with Crippen LogP contribution in [0.2, 0.25) is 0 Å². The first-order valence-electron chi connectivity index (χ1n) is 14.0. The lowest BCUT2D eigenvalue weighted by Crippen LogP contribution is -2.47. The molecule has 2 saturated heterocycles. The van der Waals surface area contributed by atoms with Gasteiger partial charge in [-0.15, -0.1) is 0 Å². The number of nitrogens with zero attached hydrogens (tertiary/aromatic N) is 1. The highest BCUT2D eigenvalue weighted by atomic mass is 16.6. The molecule has 224 valence electrons. The Balaban J connectivity index is 2.04. The third-order valence-electron chi connectivity index (χ3n) is 7.99. The third kappa shape index (κ3) is 9.28. The molecule has 10 heteroatoms. The van der Waals surface area contributed by atoms with E-state index in [9.17, 15) is 19.8 Å². The quantitative estimate of drug-likeness (QED) is 0.217. The predicted octanol–water partition coefficient (Wildman–Crippen LogP) is 3.37. The SMILES string of the molecule is CO[C@H]([C@@H](C)[C@H]1O[C@]1(C)C[C@H](C)/C=C/C=C(\C)[C@H]1O[C@@H](CC(=O)O)C[C@@H](OC(=O)N(C)CCN)[C@@H]1C)[C@@H](C)O. The number of hydrogen-bond donors (Lipinski definition) is 3. The van der Waals surface area contributed by atoms with Crippen molar-refractivity contribution in [1.82, 2.24) is 4.90 Å². The zero-order chi connectivity index (χ0) is 29.5. The van der Waals surface area contributed by atoms with Crippen LogP contribution >= 0.6 is 0 Å². The molecule has 0 radical (unpaired) electrons. The molecular weight excluding hydrogens is 504 g/mol. The molecule has 0 aliphatic carbocycles. The molecule has 2 heterocycles. The standard InChI is InChI=1S/C29H50N2O8/c1-17(16-29(6)27(39-29)20(4)26(36-8)21(5)32)10-9-11-18(2)25-19(3)23(14-22(37-25)15-24(33)34)38-28(35)31(7)13-12-30/h9-11,17,19-23,25-27,32H,12-16,30H2,1-8H3,(H,33,34)/b10-9+,18-11+/t17-,19+,20-,21-,22-,23-,25-,26-,27-,29-/m1/s1. The number of methoxy groups -OCH3 is 1. The van der Waals surface area contributed by atoms with Gasteiger partial charge in [-0.1, -0.05) is 39.0 Å². The number of aliphatic carboxylic acids is 1. The first-order valence-corrected chi connectivity index (χ1v) is 14.0. The molecular formula is C29H50N2O8. The van der Waals surface area contributed by atoms with Gasteiger partial charge in [0.2, 0.25) is 0 Å². The Morgan fingerprint density at radius 3 is 2.51 bits per heavy atom. The summed E-state index contributed by atoms with van der Waals surface area (Å²) in [6.45, 7) is 12.6. The molecule has 10 nitrogen and oxygen atoms in total. The molecule has 4 N–H and O–H groups in total. The average molecular weight is 555 g/mol. The Labute approximate surface area is 233 Å². The zero-order valence-electron chi connectivity index (χ0n) is 24.8. The number of carbonyl (C=O) groups excluding carboxylic acids is 1. The zero-order valence-corrected chi connectivity index (χ0v) is 24.8. The fourth-order valence-corrected chi connectivity index (χ4v) is 5.87. The van der Waals surface area contributed by atoms with Crippen molar-refractivity contribution in [2.45, 2.75) is 103 Å². The van der Waals surface area contributed by atoms with E-state index in [0.717, 1.165) is 12.0 Å². The van der Waals surface area contributed by atoms with E-state index < -0.39 is 30.4 Å². The van der Waals surface area contributed by atoms with Gasteiger partial charge in [-0.05, 0) is 38.7 Å². The van der Waals surface area contributed by atoms with Crippen LogP contribution in [0.3, 0.4) is 0 Å². The molecule has 2 fully saturated rings. The minimum Gasteiger partial charge on any atom is -0.481 e. The molecule has 0 aromatic rings. The van der Waals surface area contributed by atoms with Crippen LogP contribution in [-0.4, -0.2) is 96.6 Å². The summed E-state index contributed by atoms with van der Waals surface area (Å²) in [5, 5.41) is 19.3. The second kappa shape index (κ2) is 14.6. The Morgan fingerprint density at radius 1 is 1.28 bits per heavy atom. The normalized spacial score (nSPS) is 32.4. The van der Waals surface area contributed by atoms with Gasteiger partial charge in [0.25, 0.3) is 0 Å². The first-order chi connectivity index (χ1) is 18.2. The molecule has 0 spiro atoms. The molecule has 1 amide bonds. The number of nitrogens with two attached hydrogens (primary N) is 1. The fraction of sp³-hybridized carbons (Fsp3) is 0.793. The van der Waals surface area contributed by atoms with E-state index in [2.05, 4.69) is 19.9 Å². The maximum atomic E-state index is 12.5. The van der Waals surface area contributed by atoms with Crippen LogP contribution in [0.4, 0.5) is 4.79 Å². The Bertz CT molecular complexity index is 877. The maximum Gasteiger partial charge on any atom is 0.409 e. The van der Waals surface area contributed by atoms with Gasteiger partial charge in [0.1, 0.15) is 6.10 Å². The number of carboxylic acid groups (broad SMARTS) is 1. The largest absolute Gasteiger partial charge is 0.481 e. The fourth-order valence-electron chi connectivity index (χ4n) is 5.87. The van der Waals surface area contributed by atoms with Crippen LogP contribution in [0.1, 0.15) is 60.8 Å². The van der Waals surface area contributed by atoms with Crippen molar-refractivity contribution in [3.8, 4) is 0 Å². The van der Waals surface area contributed by atoms with Gasteiger partial charge < -0.3 is 39.8 Å². The minimum atomic E-state index is -0.956. The lowest BCUT2D eigenvalue weighted by Gasteiger charge is -2.40. The number of aliphatic hydroxyl groups excluding tert-OH is 1. The number of likely N-dealkylation sites (N-methyl/N-ethyl adjacent to an activating group) is 1. The van der Waals surface area contributed by atoms with Crippen molar-refractivity contribution >= 4 is 12.1 Å². The highest BCUT2D eigenvalue weighted by Gasteiger charge is 2.56. The van der Waals surface area contributed by atoms with Crippen molar-refractivity contribution in [2.75, 3.05) is 27.2 Å². The third-order valence-corrected chi connectivity index (χ3v) is 7.99. The summed E-state index contributed by atoms with van der Waals surface area (Å²) in [6, 6.07) is 0. The summed E-state index contributed by atoms with van der Waals surface area (Å²) in [5.41, 5.74) is 6.21. The van der Waals surface area contributed by atoms with Gasteiger partial charge in [-0.3, -0.25) is 4.79 Å². The van der Waals surface area contributed by atoms with Crippen LogP contribution in [0.5, 0.6) is 0 Å². The Morgan fingerprint density at radius 2 is 1.95 bits per heavy atom. The van der Waals surface area contributed by atoms with E-state index in [1.54, 1.807) is 21.1 Å². The topological polar surface area (TPSA) is 144 Å². The Hall–Kier alpha value is -1.98. The summed E-state index contributed by atoms with van der Waals surface area (Å²) in [7, 11) is 3.24. The predicted molar refractivity (Wildman–Crippen MR) is 148 cm³/mol. The van der Waals surface area contributed by atoms with Crippen LogP contribution in [0.25, 0.3) is 0 Å². The van der Waals surface area contributed by atoms with Crippen molar-refractivity contribution in [1.29, 1.82) is 0 Å². The summed E-state index contributed by atoms with van der Waals surface area (Å²) in [5.74, 6) is -0.808.